The molecule has 116 valence electrons. The average molecular weight is 323 g/mol. The van der Waals surface area contributed by atoms with Crippen LogP contribution in [0.15, 0.2) is 35.1 Å². The van der Waals surface area contributed by atoms with Crippen molar-refractivity contribution in [3.8, 4) is 0 Å². The number of hydrogen-bond acceptors (Lipinski definition) is 3. The lowest BCUT2D eigenvalue weighted by atomic mass is 10.1. The van der Waals surface area contributed by atoms with E-state index in [9.17, 15) is 14.4 Å². The quantitative estimate of drug-likeness (QED) is 0.876. The summed E-state index contributed by atoms with van der Waals surface area (Å²) < 4.78 is 0. The number of hydrogen-bond donors (Lipinski definition) is 2. The molecule has 22 heavy (non-hydrogen) atoms. The molecule has 1 saturated heterocycles. The van der Waals surface area contributed by atoms with Gasteiger partial charge in [-0.25, -0.2) is 0 Å². The van der Waals surface area contributed by atoms with Crippen LogP contribution in [-0.4, -0.2) is 40.0 Å². The first kappa shape index (κ1) is 16.0. The maximum atomic E-state index is 12.6. The first-order valence-corrected chi connectivity index (χ1v) is 6.70. The summed E-state index contributed by atoms with van der Waals surface area (Å²) in [5, 5.41) is 9.67. The van der Waals surface area contributed by atoms with Crippen molar-refractivity contribution >= 4 is 35.2 Å². The Morgan fingerprint density at radius 1 is 1.27 bits per heavy atom. The highest BCUT2D eigenvalue weighted by Crippen LogP contribution is 2.22. The van der Waals surface area contributed by atoms with Crippen molar-refractivity contribution in [2.45, 2.75) is 6.42 Å². The van der Waals surface area contributed by atoms with Crippen LogP contribution in [0.25, 0.3) is 10.9 Å². The van der Waals surface area contributed by atoms with Crippen LogP contribution in [0, 0.1) is 5.92 Å². The number of amides is 1. The Morgan fingerprint density at radius 3 is 2.68 bits per heavy atom. The second kappa shape index (κ2) is 6.19. The Kier molecular flexibility index (Phi) is 4.51. The number of para-hydroxylation sites is 1. The molecule has 0 radical (unpaired) electrons. The summed E-state index contributed by atoms with van der Waals surface area (Å²) in [6.45, 7) is 0.590. The zero-order chi connectivity index (χ0) is 15.0. The molecule has 0 spiro atoms. The van der Waals surface area contributed by atoms with Gasteiger partial charge in [0.15, 0.2) is 0 Å². The third-order valence-corrected chi connectivity index (χ3v) is 3.81. The Hall–Kier alpha value is -2.34. The number of carbonyl (C=O) groups is 2. The van der Waals surface area contributed by atoms with E-state index in [4.69, 9.17) is 5.11 Å². The molecule has 3 rings (SSSR count). The molecule has 1 unspecified atom stereocenters. The van der Waals surface area contributed by atoms with Gasteiger partial charge in [-0.1, -0.05) is 18.2 Å². The number of nitrogens with one attached hydrogen (secondary N) is 1. The van der Waals surface area contributed by atoms with Crippen molar-refractivity contribution in [1.82, 2.24) is 9.88 Å². The van der Waals surface area contributed by atoms with Gasteiger partial charge in [0.1, 0.15) is 0 Å². The molecular formula is C15H15ClN2O4. The largest absolute Gasteiger partial charge is 0.481 e. The number of pyridine rings is 1. The van der Waals surface area contributed by atoms with E-state index in [0.717, 1.165) is 0 Å². The zero-order valence-corrected chi connectivity index (χ0v) is 12.4. The number of carboxylic acid groups (broad SMARTS) is 1. The van der Waals surface area contributed by atoms with Crippen LogP contribution < -0.4 is 5.56 Å². The first-order valence-electron chi connectivity index (χ1n) is 6.70. The number of aromatic nitrogens is 1. The molecule has 0 aliphatic carbocycles. The minimum absolute atomic E-state index is 0. The topological polar surface area (TPSA) is 90.5 Å². The number of carboxylic acids is 1. The number of fused-ring (bicyclic) bond motifs is 1. The van der Waals surface area contributed by atoms with Crippen LogP contribution >= 0.6 is 12.4 Å². The SMILES string of the molecule is Cl.O=C(O)C1CCN(C(=O)c2cc(=O)[nH]c3ccccc23)C1. The minimum atomic E-state index is -0.888. The van der Waals surface area contributed by atoms with Gasteiger partial charge in [0, 0.05) is 30.1 Å². The maximum absolute atomic E-state index is 12.6. The van der Waals surface area contributed by atoms with Gasteiger partial charge >= 0.3 is 5.97 Å². The van der Waals surface area contributed by atoms with Crippen LogP contribution in [0.2, 0.25) is 0 Å². The third kappa shape index (κ3) is 2.82. The Bertz CT molecular complexity index is 786. The van der Waals surface area contributed by atoms with Gasteiger partial charge in [-0.15, -0.1) is 12.4 Å². The highest BCUT2D eigenvalue weighted by Gasteiger charge is 2.31. The van der Waals surface area contributed by atoms with E-state index in [1.165, 1.54) is 11.0 Å². The van der Waals surface area contributed by atoms with Gasteiger partial charge in [0.05, 0.1) is 11.5 Å². The van der Waals surface area contributed by atoms with Crippen molar-refractivity contribution in [3.05, 3.63) is 46.2 Å². The van der Waals surface area contributed by atoms with Crippen LogP contribution in [0.3, 0.4) is 0 Å². The summed E-state index contributed by atoms with van der Waals surface area (Å²) in [7, 11) is 0. The number of nitrogens with zero attached hydrogens (tertiary/aromatic N) is 1. The van der Waals surface area contributed by atoms with Gasteiger partial charge in [0.25, 0.3) is 5.91 Å². The molecule has 6 nitrogen and oxygen atoms in total. The second-order valence-electron chi connectivity index (χ2n) is 5.17. The fourth-order valence-corrected chi connectivity index (χ4v) is 2.70. The van der Waals surface area contributed by atoms with E-state index < -0.39 is 11.9 Å². The normalized spacial score (nSPS) is 17.3. The Morgan fingerprint density at radius 2 is 2.00 bits per heavy atom. The first-order chi connectivity index (χ1) is 10.1. The monoisotopic (exact) mass is 322 g/mol. The van der Waals surface area contributed by atoms with E-state index >= 15 is 0 Å². The minimum Gasteiger partial charge on any atom is -0.481 e. The molecule has 7 heteroatoms. The van der Waals surface area contributed by atoms with Crippen LogP contribution in [-0.2, 0) is 4.79 Å². The average Bonchev–Trinajstić information content (AvgIpc) is 2.95. The molecule has 1 aliphatic rings. The predicted molar refractivity (Wildman–Crippen MR) is 83.5 cm³/mol. The second-order valence-corrected chi connectivity index (χ2v) is 5.17. The number of rotatable bonds is 2. The number of aliphatic carboxylic acids is 1. The number of aromatic amines is 1. The lowest BCUT2D eigenvalue weighted by Crippen LogP contribution is -2.31. The summed E-state index contributed by atoms with van der Waals surface area (Å²) in [5.74, 6) is -1.70. The maximum Gasteiger partial charge on any atom is 0.308 e. The summed E-state index contributed by atoms with van der Waals surface area (Å²) in [6.07, 6.45) is 0.447. The number of carbonyl (C=O) groups excluding carboxylic acids is 1. The zero-order valence-electron chi connectivity index (χ0n) is 11.6. The number of likely N-dealkylation sites (tertiary alicyclic amines) is 1. The Labute approximate surface area is 132 Å². The van der Waals surface area contributed by atoms with Crippen molar-refractivity contribution in [2.24, 2.45) is 5.92 Å². The van der Waals surface area contributed by atoms with Crippen molar-refractivity contribution in [1.29, 1.82) is 0 Å². The van der Waals surface area contributed by atoms with E-state index in [1.807, 2.05) is 0 Å². The van der Waals surface area contributed by atoms with Crippen molar-refractivity contribution in [2.75, 3.05) is 13.1 Å². The van der Waals surface area contributed by atoms with E-state index in [1.54, 1.807) is 24.3 Å². The molecule has 2 N–H and O–H groups in total. The Balaban J connectivity index is 0.00000176. The van der Waals surface area contributed by atoms with E-state index in [-0.39, 0.29) is 30.4 Å². The lowest BCUT2D eigenvalue weighted by molar-refractivity contribution is -0.141. The molecule has 0 saturated carbocycles. The highest BCUT2D eigenvalue weighted by atomic mass is 35.5. The van der Waals surface area contributed by atoms with Gasteiger partial charge in [-0.2, -0.15) is 0 Å². The standard InChI is InChI=1S/C15H14N2O4.ClH/c18-13-7-11(10-3-1-2-4-12(10)16-13)14(19)17-6-5-9(8-17)15(20)21;/h1-4,7,9H,5-6,8H2,(H,16,18)(H,20,21);1H. The molecule has 2 aromatic rings. The summed E-state index contributed by atoms with van der Waals surface area (Å²) in [6, 6.07) is 8.35. The molecule has 1 amide bonds. The number of H-pyrrole nitrogens is 1. The molecule has 1 aromatic carbocycles. The van der Waals surface area contributed by atoms with Crippen molar-refractivity contribution in [3.63, 3.8) is 0 Å². The molecule has 1 fully saturated rings. The highest BCUT2D eigenvalue weighted by molar-refractivity contribution is 6.06. The number of benzene rings is 1. The molecule has 1 aliphatic heterocycles. The van der Waals surface area contributed by atoms with Crippen LogP contribution in [0.4, 0.5) is 0 Å². The van der Waals surface area contributed by atoms with Gasteiger partial charge in [0.2, 0.25) is 5.56 Å². The number of halogens is 1. The van der Waals surface area contributed by atoms with Gasteiger partial charge in [-0.3, -0.25) is 14.4 Å². The molecule has 1 atom stereocenters. The molecular weight excluding hydrogens is 308 g/mol. The van der Waals surface area contributed by atoms with Crippen LogP contribution in [0.5, 0.6) is 0 Å². The van der Waals surface area contributed by atoms with Crippen LogP contribution in [0.1, 0.15) is 16.8 Å². The smallest absolute Gasteiger partial charge is 0.308 e. The fourth-order valence-electron chi connectivity index (χ4n) is 2.70. The predicted octanol–water partition coefficient (Wildman–Crippen LogP) is 1.50. The van der Waals surface area contributed by atoms with E-state index in [0.29, 0.717) is 29.4 Å². The fraction of sp³-hybridized carbons (Fsp3) is 0.267. The molecule has 0 bridgehead atoms. The van der Waals surface area contributed by atoms with Gasteiger partial charge < -0.3 is 15.0 Å². The summed E-state index contributed by atoms with van der Waals surface area (Å²) in [4.78, 5) is 39.4. The summed E-state index contributed by atoms with van der Waals surface area (Å²) in [5.41, 5.74) is 0.578. The molecule has 1 aromatic heterocycles. The lowest BCUT2D eigenvalue weighted by Gasteiger charge is -2.16. The molecule has 2 heterocycles. The summed E-state index contributed by atoms with van der Waals surface area (Å²) >= 11 is 0. The van der Waals surface area contributed by atoms with Gasteiger partial charge in [-0.05, 0) is 12.5 Å². The van der Waals surface area contributed by atoms with E-state index in [2.05, 4.69) is 4.98 Å². The van der Waals surface area contributed by atoms with Crippen molar-refractivity contribution < 1.29 is 14.7 Å². The third-order valence-electron chi connectivity index (χ3n) is 3.81.